The standard InChI is InChI=1S/C17H30N2O4/c1-6-8-12-10-13(16(21)22)19-14(12)15(18-11(3)20)17(4,23-5)9-7-2/h6,8,12-15,19H,7,9-10H2,1-5H3,(H,18,20)(H,21,22)/b8-6-/t12-,13-,14-,15-,17-/m1/s1. The molecule has 1 rings (SSSR count). The summed E-state index contributed by atoms with van der Waals surface area (Å²) in [6, 6.07) is -1.11. The molecule has 0 aliphatic carbocycles. The fourth-order valence-corrected chi connectivity index (χ4v) is 3.53. The van der Waals surface area contributed by atoms with Crippen LogP contribution in [-0.4, -0.2) is 47.8 Å². The van der Waals surface area contributed by atoms with Gasteiger partial charge in [-0.25, -0.2) is 0 Å². The first-order valence-electron chi connectivity index (χ1n) is 8.23. The molecule has 6 nitrogen and oxygen atoms in total. The number of methoxy groups -OCH3 is 1. The van der Waals surface area contributed by atoms with E-state index in [9.17, 15) is 14.7 Å². The normalized spacial score (nSPS) is 28.5. The summed E-state index contributed by atoms with van der Waals surface area (Å²) in [5, 5.41) is 15.5. The second-order valence-corrected chi connectivity index (χ2v) is 6.45. The number of hydrogen-bond acceptors (Lipinski definition) is 4. The zero-order valence-electron chi connectivity index (χ0n) is 14.8. The van der Waals surface area contributed by atoms with Crippen molar-refractivity contribution in [3.63, 3.8) is 0 Å². The molecule has 0 aromatic rings. The van der Waals surface area contributed by atoms with Gasteiger partial charge in [0.05, 0.1) is 11.6 Å². The van der Waals surface area contributed by atoms with E-state index in [0.717, 1.165) is 12.8 Å². The van der Waals surface area contributed by atoms with E-state index in [0.29, 0.717) is 6.42 Å². The number of aliphatic carboxylic acids is 1. The maximum absolute atomic E-state index is 11.7. The predicted molar refractivity (Wildman–Crippen MR) is 89.2 cm³/mol. The summed E-state index contributed by atoms with van der Waals surface area (Å²) in [6.07, 6.45) is 6.12. The molecule has 0 radical (unpaired) electrons. The molecule has 0 unspecified atom stereocenters. The minimum absolute atomic E-state index is 0.0317. The van der Waals surface area contributed by atoms with E-state index in [1.54, 1.807) is 7.11 Å². The average Bonchev–Trinajstić information content (AvgIpc) is 2.89. The van der Waals surface area contributed by atoms with Crippen molar-refractivity contribution in [2.75, 3.05) is 7.11 Å². The van der Waals surface area contributed by atoms with Gasteiger partial charge in [0.25, 0.3) is 0 Å². The third-order valence-electron chi connectivity index (χ3n) is 4.69. The van der Waals surface area contributed by atoms with Gasteiger partial charge >= 0.3 is 5.97 Å². The maximum atomic E-state index is 11.7. The van der Waals surface area contributed by atoms with Crippen molar-refractivity contribution in [3.05, 3.63) is 12.2 Å². The number of carboxylic acid groups (broad SMARTS) is 1. The number of carbonyl (C=O) groups is 2. The van der Waals surface area contributed by atoms with Gasteiger partial charge in [0.15, 0.2) is 0 Å². The summed E-state index contributed by atoms with van der Waals surface area (Å²) in [7, 11) is 1.64. The second kappa shape index (κ2) is 8.45. The third-order valence-corrected chi connectivity index (χ3v) is 4.69. The van der Waals surface area contributed by atoms with Crippen molar-refractivity contribution in [1.82, 2.24) is 10.6 Å². The number of rotatable bonds is 8. The maximum Gasteiger partial charge on any atom is 0.320 e. The first-order valence-corrected chi connectivity index (χ1v) is 8.23. The molecule has 1 aliphatic rings. The van der Waals surface area contributed by atoms with Gasteiger partial charge in [0.2, 0.25) is 5.91 Å². The molecule has 0 aromatic heterocycles. The van der Waals surface area contributed by atoms with Crippen molar-refractivity contribution >= 4 is 11.9 Å². The second-order valence-electron chi connectivity index (χ2n) is 6.45. The van der Waals surface area contributed by atoms with Crippen molar-refractivity contribution in [2.24, 2.45) is 5.92 Å². The van der Waals surface area contributed by atoms with Crippen molar-refractivity contribution in [2.45, 2.75) is 70.7 Å². The van der Waals surface area contributed by atoms with E-state index in [-0.39, 0.29) is 23.9 Å². The number of nitrogens with one attached hydrogen (secondary N) is 2. The first-order chi connectivity index (χ1) is 10.8. The Balaban J connectivity index is 3.16. The molecule has 5 atom stereocenters. The number of carbonyl (C=O) groups excluding carboxylic acids is 1. The Labute approximate surface area is 138 Å². The van der Waals surface area contributed by atoms with Gasteiger partial charge in [-0.2, -0.15) is 0 Å². The SMILES string of the molecule is C/C=C\[C@@H]1C[C@H](C(=O)O)N[C@H]1[C@@H](NC(C)=O)[C@@](C)(CCC)OC. The molecule has 23 heavy (non-hydrogen) atoms. The third kappa shape index (κ3) is 4.78. The fourth-order valence-electron chi connectivity index (χ4n) is 3.53. The van der Waals surface area contributed by atoms with Crippen molar-refractivity contribution in [3.8, 4) is 0 Å². The Morgan fingerprint density at radius 3 is 2.61 bits per heavy atom. The molecule has 0 saturated carbocycles. The minimum atomic E-state index is -0.863. The highest BCUT2D eigenvalue weighted by Gasteiger charge is 2.47. The summed E-state index contributed by atoms with van der Waals surface area (Å²) in [5.74, 6) is -0.975. The summed E-state index contributed by atoms with van der Waals surface area (Å²) < 4.78 is 5.75. The summed E-state index contributed by atoms with van der Waals surface area (Å²) in [5.41, 5.74) is -0.564. The zero-order chi connectivity index (χ0) is 17.6. The molecule has 0 spiro atoms. The Morgan fingerprint density at radius 1 is 1.52 bits per heavy atom. The molecule has 3 N–H and O–H groups in total. The van der Waals surface area contributed by atoms with Crippen molar-refractivity contribution < 1.29 is 19.4 Å². The molecule has 132 valence electrons. The van der Waals surface area contributed by atoms with Crippen LogP contribution in [-0.2, 0) is 14.3 Å². The summed E-state index contributed by atoms with van der Waals surface area (Å²) in [4.78, 5) is 23.1. The monoisotopic (exact) mass is 326 g/mol. The van der Waals surface area contributed by atoms with Crippen LogP contribution in [0.5, 0.6) is 0 Å². The van der Waals surface area contributed by atoms with Gasteiger partial charge < -0.3 is 15.2 Å². The highest BCUT2D eigenvalue weighted by Crippen LogP contribution is 2.32. The lowest BCUT2D eigenvalue weighted by atomic mass is 9.81. The molecule has 1 fully saturated rings. The van der Waals surface area contributed by atoms with Crippen molar-refractivity contribution in [1.29, 1.82) is 0 Å². The molecular weight excluding hydrogens is 296 g/mol. The molecule has 1 aliphatic heterocycles. The number of amides is 1. The van der Waals surface area contributed by atoms with Gasteiger partial charge in [-0.3, -0.25) is 14.9 Å². The largest absolute Gasteiger partial charge is 0.480 e. The topological polar surface area (TPSA) is 87.7 Å². The van der Waals surface area contributed by atoms with Crippen LogP contribution in [0.4, 0.5) is 0 Å². The summed E-state index contributed by atoms with van der Waals surface area (Å²) in [6.45, 7) is 7.43. The van der Waals surface area contributed by atoms with Gasteiger partial charge in [-0.15, -0.1) is 0 Å². The highest BCUT2D eigenvalue weighted by molar-refractivity contribution is 5.75. The van der Waals surface area contributed by atoms with Gasteiger partial charge in [0, 0.05) is 20.1 Å². The highest BCUT2D eigenvalue weighted by atomic mass is 16.5. The van der Waals surface area contributed by atoms with E-state index in [4.69, 9.17) is 4.74 Å². The minimum Gasteiger partial charge on any atom is -0.480 e. The lowest BCUT2D eigenvalue weighted by molar-refractivity contribution is -0.139. The molecule has 0 aromatic carbocycles. The molecule has 6 heteroatoms. The molecule has 1 amide bonds. The number of carboxylic acids is 1. The van der Waals surface area contributed by atoms with Crippen LogP contribution in [0.25, 0.3) is 0 Å². The number of hydrogen-bond donors (Lipinski definition) is 3. The van der Waals surface area contributed by atoms with Crippen LogP contribution in [0.3, 0.4) is 0 Å². The van der Waals surface area contributed by atoms with Crippen LogP contribution in [0.2, 0.25) is 0 Å². The van der Waals surface area contributed by atoms with Crippen LogP contribution in [0, 0.1) is 5.92 Å². The Morgan fingerprint density at radius 2 is 2.17 bits per heavy atom. The van der Waals surface area contributed by atoms with Gasteiger partial charge in [-0.1, -0.05) is 25.5 Å². The van der Waals surface area contributed by atoms with Gasteiger partial charge in [0.1, 0.15) is 6.04 Å². The van der Waals surface area contributed by atoms with Crippen LogP contribution in [0.1, 0.15) is 47.0 Å². The lowest BCUT2D eigenvalue weighted by Crippen LogP contribution is -2.62. The first kappa shape index (κ1) is 19.6. The van der Waals surface area contributed by atoms with E-state index in [1.165, 1.54) is 6.92 Å². The van der Waals surface area contributed by atoms with Crippen LogP contribution in [0.15, 0.2) is 12.2 Å². The molecule has 0 bridgehead atoms. The molecule has 1 heterocycles. The van der Waals surface area contributed by atoms with Gasteiger partial charge in [-0.05, 0) is 32.6 Å². The molecular formula is C17H30N2O4. The van der Waals surface area contributed by atoms with E-state index < -0.39 is 17.6 Å². The Kier molecular flexibility index (Phi) is 7.22. The fraction of sp³-hybridized carbons (Fsp3) is 0.765. The lowest BCUT2D eigenvalue weighted by Gasteiger charge is -2.41. The number of ether oxygens (including phenoxy) is 1. The Hall–Kier alpha value is -1.40. The Bertz CT molecular complexity index is 452. The van der Waals surface area contributed by atoms with E-state index >= 15 is 0 Å². The number of allylic oxidation sites excluding steroid dienone is 1. The molecule has 1 saturated heterocycles. The zero-order valence-corrected chi connectivity index (χ0v) is 14.8. The summed E-state index contributed by atoms with van der Waals surface area (Å²) >= 11 is 0. The van der Waals surface area contributed by atoms with E-state index in [2.05, 4.69) is 17.6 Å². The van der Waals surface area contributed by atoms with Crippen LogP contribution < -0.4 is 10.6 Å². The smallest absolute Gasteiger partial charge is 0.320 e. The predicted octanol–water partition coefficient (Wildman–Crippen LogP) is 1.70. The van der Waals surface area contributed by atoms with Crippen LogP contribution >= 0.6 is 0 Å². The quantitative estimate of drug-likeness (QED) is 0.591. The van der Waals surface area contributed by atoms with E-state index in [1.807, 2.05) is 26.0 Å². The average molecular weight is 326 g/mol.